The molecule has 2 aromatic rings. The SMILES string of the molecule is COc1ccccc1N1CCN(C(=O)Cc2ccc(Cl)cc2Cl)CC1. The van der Waals surface area contributed by atoms with Crippen molar-refractivity contribution in [2.75, 3.05) is 38.2 Å². The lowest BCUT2D eigenvalue weighted by Crippen LogP contribution is -2.49. The third kappa shape index (κ3) is 4.20. The molecule has 0 N–H and O–H groups in total. The second-order valence-corrected chi connectivity index (χ2v) is 6.80. The molecule has 25 heavy (non-hydrogen) atoms. The number of carbonyl (C=O) groups is 1. The van der Waals surface area contributed by atoms with E-state index in [4.69, 9.17) is 27.9 Å². The fraction of sp³-hybridized carbons (Fsp3) is 0.316. The average molecular weight is 379 g/mol. The van der Waals surface area contributed by atoms with Crippen LogP contribution in [0.2, 0.25) is 10.0 Å². The number of methoxy groups -OCH3 is 1. The maximum atomic E-state index is 12.6. The Morgan fingerprint density at radius 2 is 1.80 bits per heavy atom. The highest BCUT2D eigenvalue weighted by Gasteiger charge is 2.23. The molecule has 0 aliphatic carbocycles. The van der Waals surface area contributed by atoms with E-state index in [0.717, 1.165) is 30.1 Å². The van der Waals surface area contributed by atoms with Crippen molar-refractivity contribution in [1.29, 1.82) is 0 Å². The molecule has 4 nitrogen and oxygen atoms in total. The lowest BCUT2D eigenvalue weighted by atomic mass is 10.1. The molecule has 0 unspecified atom stereocenters. The van der Waals surface area contributed by atoms with E-state index in [0.29, 0.717) is 29.6 Å². The molecule has 6 heteroatoms. The molecule has 1 aliphatic heterocycles. The number of anilines is 1. The number of ether oxygens (including phenoxy) is 1. The minimum atomic E-state index is 0.0869. The Bertz CT molecular complexity index is 759. The molecule has 0 aromatic heterocycles. The van der Waals surface area contributed by atoms with Gasteiger partial charge in [0.25, 0.3) is 0 Å². The minimum absolute atomic E-state index is 0.0869. The molecule has 132 valence electrons. The summed E-state index contributed by atoms with van der Waals surface area (Å²) in [4.78, 5) is 16.7. The fourth-order valence-electron chi connectivity index (χ4n) is 3.03. The van der Waals surface area contributed by atoms with Crippen LogP contribution in [0.25, 0.3) is 0 Å². The largest absolute Gasteiger partial charge is 0.495 e. The number of para-hydroxylation sites is 2. The number of benzene rings is 2. The van der Waals surface area contributed by atoms with Gasteiger partial charge in [0, 0.05) is 36.2 Å². The Balaban J connectivity index is 1.61. The molecule has 1 fully saturated rings. The number of halogens is 2. The molecule has 0 atom stereocenters. The Hall–Kier alpha value is -1.91. The minimum Gasteiger partial charge on any atom is -0.495 e. The summed E-state index contributed by atoms with van der Waals surface area (Å²) in [5.41, 5.74) is 1.88. The Morgan fingerprint density at radius 3 is 2.48 bits per heavy atom. The number of carbonyl (C=O) groups excluding carboxylic acids is 1. The molecule has 0 spiro atoms. The second kappa shape index (κ2) is 7.98. The number of nitrogens with zero attached hydrogens (tertiary/aromatic N) is 2. The van der Waals surface area contributed by atoms with Crippen molar-refractivity contribution in [3.8, 4) is 5.75 Å². The molecule has 1 saturated heterocycles. The van der Waals surface area contributed by atoms with Crippen LogP contribution in [0.3, 0.4) is 0 Å². The number of piperazine rings is 1. The monoisotopic (exact) mass is 378 g/mol. The van der Waals surface area contributed by atoms with Gasteiger partial charge in [-0.2, -0.15) is 0 Å². The highest BCUT2D eigenvalue weighted by Crippen LogP contribution is 2.28. The van der Waals surface area contributed by atoms with Crippen LogP contribution in [0.1, 0.15) is 5.56 Å². The summed E-state index contributed by atoms with van der Waals surface area (Å²) in [6, 6.07) is 13.2. The molecule has 0 saturated carbocycles. The summed E-state index contributed by atoms with van der Waals surface area (Å²) in [5, 5.41) is 1.11. The van der Waals surface area contributed by atoms with Gasteiger partial charge in [0.05, 0.1) is 19.2 Å². The standard InChI is InChI=1S/C19H20Cl2N2O2/c1-25-18-5-3-2-4-17(18)22-8-10-23(11-9-22)19(24)12-14-6-7-15(20)13-16(14)21/h2-7,13H,8-12H2,1H3. The second-order valence-electron chi connectivity index (χ2n) is 5.95. The van der Waals surface area contributed by atoms with Gasteiger partial charge in [0.15, 0.2) is 0 Å². The fourth-order valence-corrected chi connectivity index (χ4v) is 3.50. The molecule has 2 aromatic carbocycles. The smallest absolute Gasteiger partial charge is 0.227 e. The lowest BCUT2D eigenvalue weighted by Gasteiger charge is -2.36. The van der Waals surface area contributed by atoms with Gasteiger partial charge < -0.3 is 14.5 Å². The van der Waals surface area contributed by atoms with Crippen molar-refractivity contribution in [3.05, 3.63) is 58.1 Å². The molecule has 1 amide bonds. The van der Waals surface area contributed by atoms with Crippen molar-refractivity contribution in [1.82, 2.24) is 4.90 Å². The highest BCUT2D eigenvalue weighted by atomic mass is 35.5. The van der Waals surface area contributed by atoms with E-state index < -0.39 is 0 Å². The van der Waals surface area contributed by atoms with Gasteiger partial charge in [0.1, 0.15) is 5.75 Å². The van der Waals surface area contributed by atoms with Gasteiger partial charge >= 0.3 is 0 Å². The van der Waals surface area contributed by atoms with E-state index in [9.17, 15) is 4.79 Å². The number of hydrogen-bond acceptors (Lipinski definition) is 3. The third-order valence-electron chi connectivity index (χ3n) is 4.42. The van der Waals surface area contributed by atoms with Crippen LogP contribution in [-0.4, -0.2) is 44.1 Å². The first-order chi connectivity index (χ1) is 12.1. The zero-order valence-corrected chi connectivity index (χ0v) is 15.6. The van der Waals surface area contributed by atoms with Crippen LogP contribution >= 0.6 is 23.2 Å². The lowest BCUT2D eigenvalue weighted by molar-refractivity contribution is -0.130. The molecule has 0 radical (unpaired) electrons. The average Bonchev–Trinajstić information content (AvgIpc) is 2.64. The van der Waals surface area contributed by atoms with Gasteiger partial charge in [-0.05, 0) is 29.8 Å². The van der Waals surface area contributed by atoms with Crippen molar-refractivity contribution in [2.24, 2.45) is 0 Å². The first-order valence-corrected chi connectivity index (χ1v) is 8.94. The van der Waals surface area contributed by atoms with Crippen molar-refractivity contribution < 1.29 is 9.53 Å². The van der Waals surface area contributed by atoms with E-state index in [2.05, 4.69) is 4.90 Å². The first kappa shape index (κ1) is 17.9. The maximum absolute atomic E-state index is 12.6. The summed E-state index contributed by atoms with van der Waals surface area (Å²) in [7, 11) is 1.68. The van der Waals surface area contributed by atoms with Crippen LogP contribution in [0.4, 0.5) is 5.69 Å². The van der Waals surface area contributed by atoms with Gasteiger partial charge in [-0.3, -0.25) is 4.79 Å². The summed E-state index contributed by atoms with van der Waals surface area (Å²) in [6.45, 7) is 2.92. The number of amides is 1. The van der Waals surface area contributed by atoms with Crippen LogP contribution in [-0.2, 0) is 11.2 Å². The van der Waals surface area contributed by atoms with Crippen molar-refractivity contribution in [3.63, 3.8) is 0 Å². The van der Waals surface area contributed by atoms with Crippen LogP contribution in [0, 0.1) is 0 Å². The van der Waals surface area contributed by atoms with Gasteiger partial charge in [-0.15, -0.1) is 0 Å². The Kier molecular flexibility index (Phi) is 5.71. The van der Waals surface area contributed by atoms with E-state index >= 15 is 0 Å². The number of hydrogen-bond donors (Lipinski definition) is 0. The topological polar surface area (TPSA) is 32.8 Å². The summed E-state index contributed by atoms with van der Waals surface area (Å²) >= 11 is 12.1. The van der Waals surface area contributed by atoms with E-state index in [1.165, 1.54) is 0 Å². The molecule has 1 heterocycles. The van der Waals surface area contributed by atoms with E-state index in [1.807, 2.05) is 35.2 Å². The normalized spacial score (nSPS) is 14.5. The quantitative estimate of drug-likeness (QED) is 0.808. The summed E-state index contributed by atoms with van der Waals surface area (Å²) in [6.07, 6.45) is 0.296. The molecule has 1 aliphatic rings. The van der Waals surface area contributed by atoms with E-state index in [1.54, 1.807) is 19.2 Å². The molecule has 3 rings (SSSR count). The Labute approximate surface area is 157 Å². The summed E-state index contributed by atoms with van der Waals surface area (Å²) < 4.78 is 5.43. The van der Waals surface area contributed by atoms with Crippen LogP contribution < -0.4 is 9.64 Å². The predicted molar refractivity (Wildman–Crippen MR) is 102 cm³/mol. The first-order valence-electron chi connectivity index (χ1n) is 8.18. The van der Waals surface area contributed by atoms with Gasteiger partial charge in [0.2, 0.25) is 5.91 Å². The van der Waals surface area contributed by atoms with E-state index in [-0.39, 0.29) is 5.91 Å². The predicted octanol–water partition coefficient (Wildman–Crippen LogP) is 3.89. The van der Waals surface area contributed by atoms with Gasteiger partial charge in [-0.25, -0.2) is 0 Å². The van der Waals surface area contributed by atoms with Crippen molar-refractivity contribution in [2.45, 2.75) is 6.42 Å². The zero-order valence-electron chi connectivity index (χ0n) is 14.0. The Morgan fingerprint density at radius 1 is 1.08 bits per heavy atom. The van der Waals surface area contributed by atoms with Crippen LogP contribution in [0.5, 0.6) is 5.75 Å². The molecule has 0 bridgehead atoms. The maximum Gasteiger partial charge on any atom is 0.227 e. The third-order valence-corrected chi connectivity index (χ3v) is 5.00. The van der Waals surface area contributed by atoms with Crippen molar-refractivity contribution >= 4 is 34.8 Å². The highest BCUT2D eigenvalue weighted by molar-refractivity contribution is 6.35. The van der Waals surface area contributed by atoms with Crippen LogP contribution in [0.15, 0.2) is 42.5 Å². The zero-order chi connectivity index (χ0) is 17.8. The molecular weight excluding hydrogens is 359 g/mol. The van der Waals surface area contributed by atoms with Gasteiger partial charge in [-0.1, -0.05) is 41.4 Å². The number of rotatable bonds is 4. The summed E-state index contributed by atoms with van der Waals surface area (Å²) in [5.74, 6) is 0.944. The molecular formula is C19H20Cl2N2O2.